The first-order valence-corrected chi connectivity index (χ1v) is 4.28. The van der Waals surface area contributed by atoms with Gasteiger partial charge in [-0.2, -0.15) is 0 Å². The summed E-state index contributed by atoms with van der Waals surface area (Å²) in [5, 5.41) is 0. The molecule has 0 unspecified atom stereocenters. The minimum atomic E-state index is -0.193. The molecule has 0 saturated heterocycles. The third kappa shape index (κ3) is 22.9. The van der Waals surface area contributed by atoms with Crippen molar-refractivity contribution >= 4 is 12.2 Å². The van der Waals surface area contributed by atoms with Crippen molar-refractivity contribution in [1.82, 2.24) is 0 Å². The molecule has 0 bridgehead atoms. The number of carbonyl (C=O) groups excluding carboxylic acids is 2. The SMILES string of the molecule is CC(C)C=O.CCCCC(N)=O. The molecule has 0 radical (unpaired) electrons. The number of aldehydes is 1. The number of hydrogen-bond donors (Lipinski definition) is 1. The Morgan fingerprint density at radius 1 is 1.50 bits per heavy atom. The van der Waals surface area contributed by atoms with Gasteiger partial charge in [-0.05, 0) is 6.42 Å². The van der Waals surface area contributed by atoms with Gasteiger partial charge >= 0.3 is 0 Å². The minimum Gasteiger partial charge on any atom is -0.370 e. The molecule has 12 heavy (non-hydrogen) atoms. The van der Waals surface area contributed by atoms with Crippen molar-refractivity contribution in [3.05, 3.63) is 0 Å². The molecular weight excluding hydrogens is 154 g/mol. The van der Waals surface area contributed by atoms with Crippen molar-refractivity contribution in [1.29, 1.82) is 0 Å². The Kier molecular flexibility index (Phi) is 11.6. The molecule has 72 valence electrons. The Hall–Kier alpha value is -0.860. The van der Waals surface area contributed by atoms with E-state index in [0.717, 1.165) is 19.1 Å². The lowest BCUT2D eigenvalue weighted by Gasteiger charge is -1.86. The third-order valence-corrected chi connectivity index (χ3v) is 1.05. The molecule has 0 saturated carbocycles. The van der Waals surface area contributed by atoms with Crippen molar-refractivity contribution in [2.45, 2.75) is 40.0 Å². The van der Waals surface area contributed by atoms with Crippen LogP contribution in [0.25, 0.3) is 0 Å². The highest BCUT2D eigenvalue weighted by Crippen LogP contribution is 1.89. The molecule has 0 aliphatic heterocycles. The molecule has 0 aliphatic carbocycles. The summed E-state index contributed by atoms with van der Waals surface area (Å²) in [7, 11) is 0. The number of amides is 1. The van der Waals surface area contributed by atoms with Crippen LogP contribution in [0.3, 0.4) is 0 Å². The second kappa shape index (κ2) is 10.1. The zero-order valence-corrected chi connectivity index (χ0v) is 8.17. The predicted octanol–water partition coefficient (Wildman–Crippen LogP) is 1.50. The van der Waals surface area contributed by atoms with Gasteiger partial charge in [0, 0.05) is 12.3 Å². The maximum absolute atomic E-state index is 9.98. The summed E-state index contributed by atoms with van der Waals surface area (Å²) in [6, 6.07) is 0. The van der Waals surface area contributed by atoms with E-state index in [1.807, 2.05) is 20.8 Å². The van der Waals surface area contributed by atoms with E-state index in [9.17, 15) is 9.59 Å². The molecule has 0 rings (SSSR count). The van der Waals surface area contributed by atoms with Gasteiger partial charge in [0.05, 0.1) is 0 Å². The second-order valence-corrected chi connectivity index (χ2v) is 2.95. The maximum Gasteiger partial charge on any atom is 0.217 e. The van der Waals surface area contributed by atoms with Crippen LogP contribution in [0.5, 0.6) is 0 Å². The number of unbranched alkanes of at least 4 members (excludes halogenated alkanes) is 1. The van der Waals surface area contributed by atoms with Crippen molar-refractivity contribution in [3.63, 3.8) is 0 Å². The fraction of sp³-hybridized carbons (Fsp3) is 0.778. The average Bonchev–Trinajstić information content (AvgIpc) is 2.02. The van der Waals surface area contributed by atoms with Crippen LogP contribution < -0.4 is 5.73 Å². The molecule has 0 aromatic carbocycles. The largest absolute Gasteiger partial charge is 0.370 e. The topological polar surface area (TPSA) is 60.2 Å². The second-order valence-electron chi connectivity index (χ2n) is 2.95. The Balaban J connectivity index is 0. The van der Waals surface area contributed by atoms with E-state index in [4.69, 9.17) is 5.73 Å². The lowest BCUT2D eigenvalue weighted by Crippen LogP contribution is -2.09. The van der Waals surface area contributed by atoms with Crippen LogP contribution in [0, 0.1) is 5.92 Å². The molecule has 0 heterocycles. The molecule has 0 aromatic heterocycles. The molecule has 0 fully saturated rings. The highest BCUT2D eigenvalue weighted by atomic mass is 16.1. The maximum atomic E-state index is 9.98. The standard InChI is InChI=1S/C5H11NO.C4H8O/c1-2-3-4-5(6)7;1-4(2)3-5/h2-4H2,1H3,(H2,6,7);3-4H,1-2H3. The van der Waals surface area contributed by atoms with Gasteiger partial charge in [0.25, 0.3) is 0 Å². The Labute approximate surface area is 74.3 Å². The molecule has 3 heteroatoms. The number of primary amides is 1. The van der Waals surface area contributed by atoms with Crippen LogP contribution in [-0.4, -0.2) is 12.2 Å². The number of nitrogens with two attached hydrogens (primary N) is 1. The lowest BCUT2D eigenvalue weighted by molar-refractivity contribution is -0.118. The van der Waals surface area contributed by atoms with Gasteiger partial charge in [0.1, 0.15) is 6.29 Å². The molecular formula is C9H19NO2. The Bertz CT molecular complexity index is 122. The van der Waals surface area contributed by atoms with Gasteiger partial charge in [0.15, 0.2) is 0 Å². The summed E-state index contributed by atoms with van der Waals surface area (Å²) < 4.78 is 0. The van der Waals surface area contributed by atoms with Gasteiger partial charge in [0.2, 0.25) is 5.91 Å². The van der Waals surface area contributed by atoms with E-state index in [0.29, 0.717) is 6.42 Å². The molecule has 0 atom stereocenters. The van der Waals surface area contributed by atoms with Crippen LogP contribution in [0.4, 0.5) is 0 Å². The minimum absolute atomic E-state index is 0.193. The summed E-state index contributed by atoms with van der Waals surface area (Å²) in [6.45, 7) is 5.74. The molecule has 2 N–H and O–H groups in total. The van der Waals surface area contributed by atoms with Gasteiger partial charge in [-0.25, -0.2) is 0 Å². The summed E-state index contributed by atoms with van der Waals surface area (Å²) >= 11 is 0. The Morgan fingerprint density at radius 3 is 2.00 bits per heavy atom. The van der Waals surface area contributed by atoms with Gasteiger partial charge in [-0.3, -0.25) is 4.79 Å². The summed E-state index contributed by atoms with van der Waals surface area (Å²) in [5.41, 5.74) is 4.84. The van der Waals surface area contributed by atoms with E-state index in [1.54, 1.807) is 0 Å². The zero-order chi connectivity index (χ0) is 9.98. The van der Waals surface area contributed by atoms with Crippen LogP contribution in [-0.2, 0) is 9.59 Å². The van der Waals surface area contributed by atoms with Crippen LogP contribution in [0.1, 0.15) is 40.0 Å². The number of hydrogen-bond acceptors (Lipinski definition) is 2. The van der Waals surface area contributed by atoms with E-state index in [2.05, 4.69) is 0 Å². The normalized spacial score (nSPS) is 8.67. The van der Waals surface area contributed by atoms with E-state index in [1.165, 1.54) is 0 Å². The summed E-state index contributed by atoms with van der Waals surface area (Å²) in [6.07, 6.45) is 3.43. The number of carbonyl (C=O) groups is 2. The smallest absolute Gasteiger partial charge is 0.217 e. The Morgan fingerprint density at radius 2 is 1.92 bits per heavy atom. The zero-order valence-electron chi connectivity index (χ0n) is 8.17. The first kappa shape index (κ1) is 13.7. The van der Waals surface area contributed by atoms with Gasteiger partial charge in [-0.15, -0.1) is 0 Å². The van der Waals surface area contributed by atoms with Crippen molar-refractivity contribution < 1.29 is 9.59 Å². The fourth-order valence-corrected chi connectivity index (χ4v) is 0.351. The predicted molar refractivity (Wildman–Crippen MR) is 49.6 cm³/mol. The fourth-order valence-electron chi connectivity index (χ4n) is 0.351. The van der Waals surface area contributed by atoms with Crippen LogP contribution >= 0.6 is 0 Å². The molecule has 0 aliphatic rings. The highest BCUT2D eigenvalue weighted by molar-refractivity contribution is 5.73. The molecule has 1 amide bonds. The first-order valence-electron chi connectivity index (χ1n) is 4.28. The number of rotatable bonds is 4. The monoisotopic (exact) mass is 173 g/mol. The lowest BCUT2D eigenvalue weighted by atomic mass is 10.2. The van der Waals surface area contributed by atoms with Gasteiger partial charge < -0.3 is 10.5 Å². The van der Waals surface area contributed by atoms with Crippen molar-refractivity contribution in [2.75, 3.05) is 0 Å². The third-order valence-electron chi connectivity index (χ3n) is 1.05. The van der Waals surface area contributed by atoms with Crippen LogP contribution in [0.2, 0.25) is 0 Å². The van der Waals surface area contributed by atoms with E-state index >= 15 is 0 Å². The molecule has 0 spiro atoms. The molecule has 3 nitrogen and oxygen atoms in total. The first-order chi connectivity index (χ1) is 5.54. The quantitative estimate of drug-likeness (QED) is 0.655. The van der Waals surface area contributed by atoms with E-state index in [-0.39, 0.29) is 11.8 Å². The van der Waals surface area contributed by atoms with Crippen molar-refractivity contribution in [2.24, 2.45) is 11.7 Å². The van der Waals surface area contributed by atoms with Gasteiger partial charge in [-0.1, -0.05) is 27.2 Å². The summed E-state index contributed by atoms with van der Waals surface area (Å²) in [5.74, 6) is 0.0110. The highest BCUT2D eigenvalue weighted by Gasteiger charge is 1.88. The summed E-state index contributed by atoms with van der Waals surface area (Å²) in [4.78, 5) is 19.5. The van der Waals surface area contributed by atoms with Crippen LogP contribution in [0.15, 0.2) is 0 Å². The van der Waals surface area contributed by atoms with Crippen molar-refractivity contribution in [3.8, 4) is 0 Å². The average molecular weight is 173 g/mol. The molecule has 0 aromatic rings. The van der Waals surface area contributed by atoms with E-state index < -0.39 is 0 Å².